The fourth-order valence-electron chi connectivity index (χ4n) is 1.70. The van der Waals surface area contributed by atoms with Crippen LogP contribution in [0.1, 0.15) is 5.56 Å². The van der Waals surface area contributed by atoms with E-state index in [0.29, 0.717) is 6.42 Å². The summed E-state index contributed by atoms with van der Waals surface area (Å²) in [7, 11) is 0. The van der Waals surface area contributed by atoms with Gasteiger partial charge < -0.3 is 10.2 Å². The molecule has 0 fully saturated rings. The molecular weight excluding hydrogens is 188 g/mol. The quantitative estimate of drug-likeness (QED) is 0.795. The van der Waals surface area contributed by atoms with Crippen LogP contribution in [0.5, 0.6) is 0 Å². The third kappa shape index (κ3) is 2.35. The first-order valence-electron chi connectivity index (χ1n) is 5.06. The van der Waals surface area contributed by atoms with Gasteiger partial charge in [-0.3, -0.25) is 0 Å². The van der Waals surface area contributed by atoms with Crippen LogP contribution in [0.3, 0.4) is 0 Å². The minimum Gasteiger partial charge on any atom is -0.394 e. The second-order valence-corrected chi connectivity index (χ2v) is 3.72. The Morgan fingerprint density at radius 1 is 1.00 bits per heavy atom. The Bertz CT molecular complexity index is 451. The van der Waals surface area contributed by atoms with Gasteiger partial charge in [0.15, 0.2) is 0 Å². The molecule has 0 aliphatic heterocycles. The molecule has 0 amide bonds. The van der Waals surface area contributed by atoms with E-state index in [2.05, 4.69) is 6.07 Å². The topological polar surface area (TPSA) is 40.5 Å². The van der Waals surface area contributed by atoms with Gasteiger partial charge in [0.25, 0.3) is 0 Å². The molecule has 15 heavy (non-hydrogen) atoms. The Morgan fingerprint density at radius 3 is 2.47 bits per heavy atom. The number of hydrogen-bond acceptors (Lipinski definition) is 2. The number of aliphatic hydroxyl groups is 2. The van der Waals surface area contributed by atoms with E-state index in [9.17, 15) is 5.11 Å². The molecule has 2 rings (SSSR count). The number of rotatable bonds is 3. The van der Waals surface area contributed by atoms with Gasteiger partial charge in [-0.15, -0.1) is 0 Å². The van der Waals surface area contributed by atoms with Crippen LogP contribution < -0.4 is 0 Å². The van der Waals surface area contributed by atoms with Crippen molar-refractivity contribution in [1.82, 2.24) is 0 Å². The fraction of sp³-hybridized carbons (Fsp3) is 0.231. The zero-order valence-corrected chi connectivity index (χ0v) is 8.43. The van der Waals surface area contributed by atoms with Crippen molar-refractivity contribution in [2.75, 3.05) is 6.61 Å². The van der Waals surface area contributed by atoms with E-state index in [1.807, 2.05) is 36.4 Å². The van der Waals surface area contributed by atoms with Crippen LogP contribution in [0, 0.1) is 0 Å². The molecule has 0 heterocycles. The summed E-state index contributed by atoms with van der Waals surface area (Å²) in [5.41, 5.74) is 1.05. The van der Waals surface area contributed by atoms with Crippen molar-refractivity contribution in [1.29, 1.82) is 0 Å². The number of fused-ring (bicyclic) bond motifs is 1. The SMILES string of the molecule is OCC(O)Cc1ccc2ccccc2c1. The van der Waals surface area contributed by atoms with Crippen molar-refractivity contribution in [3.05, 3.63) is 48.0 Å². The normalized spacial score (nSPS) is 12.9. The first-order valence-corrected chi connectivity index (χ1v) is 5.06. The highest BCUT2D eigenvalue weighted by atomic mass is 16.3. The Morgan fingerprint density at radius 2 is 1.73 bits per heavy atom. The van der Waals surface area contributed by atoms with Gasteiger partial charge in [-0.2, -0.15) is 0 Å². The lowest BCUT2D eigenvalue weighted by molar-refractivity contribution is 0.0955. The van der Waals surface area contributed by atoms with Crippen molar-refractivity contribution < 1.29 is 10.2 Å². The van der Waals surface area contributed by atoms with Crippen LogP contribution in [0.25, 0.3) is 10.8 Å². The van der Waals surface area contributed by atoms with Gasteiger partial charge in [-0.05, 0) is 16.3 Å². The summed E-state index contributed by atoms with van der Waals surface area (Å²) in [6, 6.07) is 14.2. The van der Waals surface area contributed by atoms with Crippen LogP contribution in [0.15, 0.2) is 42.5 Å². The maximum Gasteiger partial charge on any atom is 0.0811 e. The molecule has 0 bridgehead atoms. The Balaban J connectivity index is 2.30. The van der Waals surface area contributed by atoms with Gasteiger partial charge in [0.2, 0.25) is 0 Å². The van der Waals surface area contributed by atoms with Crippen LogP contribution in [-0.2, 0) is 6.42 Å². The molecule has 2 N–H and O–H groups in total. The molecule has 2 aromatic carbocycles. The predicted molar refractivity (Wildman–Crippen MR) is 60.7 cm³/mol. The lowest BCUT2D eigenvalue weighted by Gasteiger charge is -2.07. The molecule has 0 saturated carbocycles. The third-order valence-electron chi connectivity index (χ3n) is 2.50. The van der Waals surface area contributed by atoms with Gasteiger partial charge in [-0.1, -0.05) is 42.5 Å². The summed E-state index contributed by atoms with van der Waals surface area (Å²) in [5, 5.41) is 20.5. The molecule has 0 aliphatic rings. The molecule has 2 nitrogen and oxygen atoms in total. The van der Waals surface area contributed by atoms with Gasteiger partial charge in [0, 0.05) is 6.42 Å². The van der Waals surface area contributed by atoms with E-state index in [0.717, 1.165) is 5.56 Å². The minimum absolute atomic E-state index is 0.188. The standard InChI is InChI=1S/C13H14O2/c14-9-13(15)8-10-5-6-11-3-1-2-4-12(11)7-10/h1-7,13-15H,8-9H2. The molecule has 0 aromatic heterocycles. The van der Waals surface area contributed by atoms with E-state index in [4.69, 9.17) is 5.11 Å². The largest absolute Gasteiger partial charge is 0.394 e. The average molecular weight is 202 g/mol. The average Bonchev–Trinajstić information content (AvgIpc) is 2.29. The summed E-state index contributed by atoms with van der Waals surface area (Å²) in [4.78, 5) is 0. The van der Waals surface area contributed by atoms with Crippen molar-refractivity contribution in [3.8, 4) is 0 Å². The molecule has 78 valence electrons. The maximum atomic E-state index is 9.33. The summed E-state index contributed by atoms with van der Waals surface area (Å²) < 4.78 is 0. The van der Waals surface area contributed by atoms with Gasteiger partial charge in [-0.25, -0.2) is 0 Å². The molecule has 1 atom stereocenters. The van der Waals surface area contributed by atoms with E-state index < -0.39 is 6.10 Å². The highest BCUT2D eigenvalue weighted by Crippen LogP contribution is 2.16. The van der Waals surface area contributed by atoms with E-state index in [-0.39, 0.29) is 6.61 Å². The van der Waals surface area contributed by atoms with Crippen LogP contribution in [0.2, 0.25) is 0 Å². The number of aliphatic hydroxyl groups excluding tert-OH is 2. The van der Waals surface area contributed by atoms with Gasteiger partial charge in [0.1, 0.15) is 0 Å². The molecule has 0 radical (unpaired) electrons. The molecule has 2 aromatic rings. The lowest BCUT2D eigenvalue weighted by Crippen LogP contribution is -2.14. The van der Waals surface area contributed by atoms with Crippen molar-refractivity contribution in [2.45, 2.75) is 12.5 Å². The van der Waals surface area contributed by atoms with Gasteiger partial charge >= 0.3 is 0 Å². The summed E-state index contributed by atoms with van der Waals surface area (Å²) in [5.74, 6) is 0. The number of hydrogen-bond donors (Lipinski definition) is 2. The Hall–Kier alpha value is -1.38. The second kappa shape index (κ2) is 4.43. The minimum atomic E-state index is -0.661. The second-order valence-electron chi connectivity index (χ2n) is 3.72. The third-order valence-corrected chi connectivity index (χ3v) is 2.50. The van der Waals surface area contributed by atoms with Crippen molar-refractivity contribution >= 4 is 10.8 Å². The highest BCUT2D eigenvalue weighted by Gasteiger charge is 2.03. The van der Waals surface area contributed by atoms with Crippen LogP contribution in [-0.4, -0.2) is 22.9 Å². The first-order chi connectivity index (χ1) is 7.29. The smallest absolute Gasteiger partial charge is 0.0811 e. The predicted octanol–water partition coefficient (Wildman–Crippen LogP) is 1.74. The zero-order valence-electron chi connectivity index (χ0n) is 8.43. The van der Waals surface area contributed by atoms with Gasteiger partial charge in [0.05, 0.1) is 12.7 Å². The lowest BCUT2D eigenvalue weighted by atomic mass is 10.0. The highest BCUT2D eigenvalue weighted by molar-refractivity contribution is 5.82. The molecular formula is C13H14O2. The molecule has 1 unspecified atom stereocenters. The van der Waals surface area contributed by atoms with E-state index >= 15 is 0 Å². The summed E-state index contributed by atoms with van der Waals surface area (Å²) in [6.45, 7) is -0.188. The fourth-order valence-corrected chi connectivity index (χ4v) is 1.70. The molecule has 2 heteroatoms. The Kier molecular flexibility index (Phi) is 2.99. The first kappa shape index (κ1) is 10.1. The maximum absolute atomic E-state index is 9.33. The number of benzene rings is 2. The Labute approximate surface area is 88.8 Å². The summed E-state index contributed by atoms with van der Waals surface area (Å²) >= 11 is 0. The zero-order chi connectivity index (χ0) is 10.7. The van der Waals surface area contributed by atoms with Crippen LogP contribution >= 0.6 is 0 Å². The molecule has 0 spiro atoms. The monoisotopic (exact) mass is 202 g/mol. The van der Waals surface area contributed by atoms with Crippen molar-refractivity contribution in [2.24, 2.45) is 0 Å². The molecule has 0 saturated heterocycles. The van der Waals surface area contributed by atoms with Crippen molar-refractivity contribution in [3.63, 3.8) is 0 Å². The summed E-state index contributed by atoms with van der Waals surface area (Å²) in [6.07, 6.45) is -0.160. The van der Waals surface area contributed by atoms with E-state index in [1.54, 1.807) is 0 Å². The molecule has 0 aliphatic carbocycles. The van der Waals surface area contributed by atoms with E-state index in [1.165, 1.54) is 10.8 Å². The van der Waals surface area contributed by atoms with Crippen LogP contribution in [0.4, 0.5) is 0 Å².